The molecule has 3 nitrogen and oxygen atoms in total. The number of pyridine rings is 1. The zero-order chi connectivity index (χ0) is 14.2. The molecule has 0 spiro atoms. The summed E-state index contributed by atoms with van der Waals surface area (Å²) >= 11 is 0. The fraction of sp³-hybridized carbons (Fsp3) is 0.471. The van der Waals surface area contributed by atoms with Crippen molar-refractivity contribution in [2.45, 2.75) is 33.2 Å². The van der Waals surface area contributed by atoms with Crippen molar-refractivity contribution in [2.75, 3.05) is 19.8 Å². The van der Waals surface area contributed by atoms with E-state index in [0.717, 1.165) is 43.9 Å². The minimum atomic E-state index is 0.786. The minimum absolute atomic E-state index is 0.786. The summed E-state index contributed by atoms with van der Waals surface area (Å²) in [7, 11) is 0. The van der Waals surface area contributed by atoms with Crippen molar-refractivity contribution in [1.82, 2.24) is 10.3 Å². The van der Waals surface area contributed by atoms with Gasteiger partial charge in [0.25, 0.3) is 0 Å². The first-order valence-corrected chi connectivity index (χ1v) is 7.44. The number of unbranched alkanes of at least 4 members (excludes halogenated alkanes) is 1. The monoisotopic (exact) mass is 272 g/mol. The summed E-state index contributed by atoms with van der Waals surface area (Å²) in [4.78, 5) is 4.51. The molecule has 3 heteroatoms. The number of fused-ring (bicyclic) bond motifs is 1. The van der Waals surface area contributed by atoms with E-state index in [4.69, 9.17) is 4.74 Å². The molecular weight excluding hydrogens is 248 g/mol. The predicted molar refractivity (Wildman–Crippen MR) is 83.9 cm³/mol. The molecule has 0 unspecified atom stereocenters. The lowest BCUT2D eigenvalue weighted by Gasteiger charge is -2.07. The molecule has 0 aliphatic carbocycles. The molecule has 1 aromatic heterocycles. The van der Waals surface area contributed by atoms with E-state index in [0.29, 0.717) is 0 Å². The van der Waals surface area contributed by atoms with Crippen LogP contribution in [0.15, 0.2) is 30.3 Å². The molecule has 0 amide bonds. The van der Waals surface area contributed by atoms with Gasteiger partial charge in [0, 0.05) is 30.8 Å². The molecule has 1 aromatic carbocycles. The number of nitrogens with zero attached hydrogens (tertiary/aromatic N) is 1. The van der Waals surface area contributed by atoms with E-state index in [2.05, 4.69) is 47.6 Å². The number of ether oxygens (including phenoxy) is 1. The molecule has 0 aliphatic heterocycles. The third kappa shape index (κ3) is 4.58. The minimum Gasteiger partial charge on any atom is -0.380 e. The van der Waals surface area contributed by atoms with Gasteiger partial charge < -0.3 is 10.1 Å². The Morgan fingerprint density at radius 2 is 2.05 bits per heavy atom. The summed E-state index contributed by atoms with van der Waals surface area (Å²) in [6, 6.07) is 10.6. The van der Waals surface area contributed by atoms with Crippen LogP contribution in [0.25, 0.3) is 10.9 Å². The molecule has 20 heavy (non-hydrogen) atoms. The molecule has 0 atom stereocenters. The van der Waals surface area contributed by atoms with Gasteiger partial charge in [-0.1, -0.05) is 25.5 Å². The maximum atomic E-state index is 5.52. The normalized spacial score (nSPS) is 11.1. The summed E-state index contributed by atoms with van der Waals surface area (Å²) in [5.41, 5.74) is 3.42. The fourth-order valence-corrected chi connectivity index (χ4v) is 2.11. The van der Waals surface area contributed by atoms with Gasteiger partial charge in [0.15, 0.2) is 0 Å². The van der Waals surface area contributed by atoms with Gasteiger partial charge in [-0.05, 0) is 37.1 Å². The topological polar surface area (TPSA) is 34.1 Å². The first-order valence-electron chi connectivity index (χ1n) is 7.44. The lowest BCUT2D eigenvalue weighted by atomic mass is 10.1. The van der Waals surface area contributed by atoms with Crippen molar-refractivity contribution in [3.05, 3.63) is 41.6 Å². The number of nitrogens with one attached hydrogen (secondary N) is 1. The van der Waals surface area contributed by atoms with Crippen LogP contribution >= 0.6 is 0 Å². The van der Waals surface area contributed by atoms with Gasteiger partial charge in [0.05, 0.1) is 12.1 Å². The first kappa shape index (κ1) is 14.9. The summed E-state index contributed by atoms with van der Waals surface area (Å²) in [5.74, 6) is 0. The number of rotatable bonds is 8. The summed E-state index contributed by atoms with van der Waals surface area (Å²) < 4.78 is 5.52. The lowest BCUT2D eigenvalue weighted by molar-refractivity contribution is 0.133. The average molecular weight is 272 g/mol. The van der Waals surface area contributed by atoms with Gasteiger partial charge in [-0.3, -0.25) is 4.98 Å². The highest BCUT2D eigenvalue weighted by molar-refractivity contribution is 5.79. The van der Waals surface area contributed by atoms with Gasteiger partial charge in [-0.15, -0.1) is 0 Å². The maximum absolute atomic E-state index is 5.52. The zero-order valence-corrected chi connectivity index (χ0v) is 12.5. The van der Waals surface area contributed by atoms with Crippen LogP contribution in [-0.2, 0) is 11.3 Å². The summed E-state index contributed by atoms with van der Waals surface area (Å²) in [5, 5.41) is 4.61. The third-order valence-electron chi connectivity index (χ3n) is 3.29. The number of aromatic nitrogens is 1. The van der Waals surface area contributed by atoms with E-state index < -0.39 is 0 Å². The Balaban J connectivity index is 1.77. The summed E-state index contributed by atoms with van der Waals surface area (Å²) in [6.45, 7) is 7.63. The third-order valence-corrected chi connectivity index (χ3v) is 3.29. The van der Waals surface area contributed by atoms with Crippen LogP contribution in [0.1, 0.15) is 31.0 Å². The van der Waals surface area contributed by atoms with Crippen molar-refractivity contribution in [3.8, 4) is 0 Å². The van der Waals surface area contributed by atoms with Gasteiger partial charge >= 0.3 is 0 Å². The Hall–Kier alpha value is -1.45. The molecular formula is C17H24N2O. The van der Waals surface area contributed by atoms with Crippen LogP contribution in [-0.4, -0.2) is 24.7 Å². The molecule has 0 fully saturated rings. The molecule has 2 rings (SSSR count). The van der Waals surface area contributed by atoms with Crippen LogP contribution in [0, 0.1) is 6.92 Å². The SMILES string of the molecule is CCCCOCCNCc1ccc2nc(C)ccc2c1. The van der Waals surface area contributed by atoms with E-state index in [1.165, 1.54) is 17.4 Å². The van der Waals surface area contributed by atoms with E-state index in [9.17, 15) is 0 Å². The molecule has 108 valence electrons. The molecule has 0 saturated heterocycles. The van der Waals surface area contributed by atoms with Crippen molar-refractivity contribution in [2.24, 2.45) is 0 Å². The molecule has 1 N–H and O–H groups in total. The molecule has 0 radical (unpaired) electrons. The number of benzene rings is 1. The highest BCUT2D eigenvalue weighted by atomic mass is 16.5. The van der Waals surface area contributed by atoms with Crippen LogP contribution in [0.3, 0.4) is 0 Å². The molecule has 0 bridgehead atoms. The first-order chi connectivity index (χ1) is 9.79. The van der Waals surface area contributed by atoms with E-state index in [1.54, 1.807) is 0 Å². The number of hydrogen-bond acceptors (Lipinski definition) is 3. The number of hydrogen-bond donors (Lipinski definition) is 1. The van der Waals surface area contributed by atoms with Crippen LogP contribution in [0.4, 0.5) is 0 Å². The van der Waals surface area contributed by atoms with E-state index in [1.807, 2.05) is 6.92 Å². The van der Waals surface area contributed by atoms with Crippen molar-refractivity contribution in [3.63, 3.8) is 0 Å². The Morgan fingerprint density at radius 3 is 2.90 bits per heavy atom. The highest BCUT2D eigenvalue weighted by Crippen LogP contribution is 2.14. The second-order valence-electron chi connectivity index (χ2n) is 5.12. The maximum Gasteiger partial charge on any atom is 0.0705 e. The van der Waals surface area contributed by atoms with Crippen molar-refractivity contribution >= 4 is 10.9 Å². The average Bonchev–Trinajstić information content (AvgIpc) is 2.46. The Bertz CT molecular complexity index is 540. The van der Waals surface area contributed by atoms with Crippen LogP contribution in [0.2, 0.25) is 0 Å². The van der Waals surface area contributed by atoms with Gasteiger partial charge in [0.1, 0.15) is 0 Å². The smallest absolute Gasteiger partial charge is 0.0705 e. The summed E-state index contributed by atoms with van der Waals surface area (Å²) in [6.07, 6.45) is 2.34. The second kappa shape index (κ2) is 7.98. The highest BCUT2D eigenvalue weighted by Gasteiger charge is 1.98. The van der Waals surface area contributed by atoms with Crippen LogP contribution < -0.4 is 5.32 Å². The van der Waals surface area contributed by atoms with E-state index in [-0.39, 0.29) is 0 Å². The lowest BCUT2D eigenvalue weighted by Crippen LogP contribution is -2.19. The molecule has 0 aliphatic rings. The second-order valence-corrected chi connectivity index (χ2v) is 5.12. The van der Waals surface area contributed by atoms with Crippen molar-refractivity contribution in [1.29, 1.82) is 0 Å². The number of aryl methyl sites for hydroxylation is 1. The predicted octanol–water partition coefficient (Wildman–Crippen LogP) is 3.45. The van der Waals surface area contributed by atoms with Gasteiger partial charge in [-0.2, -0.15) is 0 Å². The van der Waals surface area contributed by atoms with Crippen molar-refractivity contribution < 1.29 is 4.74 Å². The largest absolute Gasteiger partial charge is 0.380 e. The van der Waals surface area contributed by atoms with Gasteiger partial charge in [0.2, 0.25) is 0 Å². The molecule has 2 aromatic rings. The fourth-order valence-electron chi connectivity index (χ4n) is 2.11. The van der Waals surface area contributed by atoms with Crippen LogP contribution in [0.5, 0.6) is 0 Å². The quantitative estimate of drug-likeness (QED) is 0.747. The molecule has 0 saturated carbocycles. The Labute approximate surface area is 121 Å². The standard InChI is InChI=1S/C17H24N2O/c1-3-4-10-20-11-9-18-13-15-6-8-17-16(12-15)7-5-14(2)19-17/h5-8,12,18H,3-4,9-11,13H2,1-2H3. The molecule has 1 heterocycles. The Morgan fingerprint density at radius 1 is 1.15 bits per heavy atom. The van der Waals surface area contributed by atoms with E-state index >= 15 is 0 Å². The zero-order valence-electron chi connectivity index (χ0n) is 12.5. The Kier molecular flexibility index (Phi) is 5.96. The van der Waals surface area contributed by atoms with Gasteiger partial charge in [-0.25, -0.2) is 0 Å².